The zero-order chi connectivity index (χ0) is 20.0. The summed E-state index contributed by atoms with van der Waals surface area (Å²) in [6, 6.07) is 3.53. The van der Waals surface area contributed by atoms with Gasteiger partial charge < -0.3 is 14.2 Å². The van der Waals surface area contributed by atoms with Gasteiger partial charge in [-0.1, -0.05) is 13.3 Å². The highest BCUT2D eigenvalue weighted by molar-refractivity contribution is 14.1. The van der Waals surface area contributed by atoms with Crippen LogP contribution in [0.4, 0.5) is 4.79 Å². The van der Waals surface area contributed by atoms with Gasteiger partial charge in [-0.3, -0.25) is 19.3 Å². The molecular weight excluding hydrogens is 485 g/mol. The molecule has 0 unspecified atom stereocenters. The molecule has 2 amide bonds. The molecular formula is C18H20INO6S. The number of imide groups is 1. The predicted molar refractivity (Wildman–Crippen MR) is 111 cm³/mol. The van der Waals surface area contributed by atoms with E-state index in [0.717, 1.165) is 33.1 Å². The first kappa shape index (κ1) is 21.5. The topological polar surface area (TPSA) is 82.1 Å². The number of benzene rings is 1. The summed E-state index contributed by atoms with van der Waals surface area (Å²) in [7, 11) is 3.07. The molecule has 1 fully saturated rings. The van der Waals surface area contributed by atoms with E-state index in [-0.39, 0.29) is 18.1 Å². The van der Waals surface area contributed by atoms with Crippen molar-refractivity contribution in [1.29, 1.82) is 0 Å². The first-order valence-corrected chi connectivity index (χ1v) is 10.1. The molecule has 27 heavy (non-hydrogen) atoms. The fourth-order valence-corrected chi connectivity index (χ4v) is 4.00. The van der Waals surface area contributed by atoms with Gasteiger partial charge in [-0.15, -0.1) is 0 Å². The summed E-state index contributed by atoms with van der Waals surface area (Å²) in [5.74, 6) is 0.0162. The molecule has 1 heterocycles. The van der Waals surface area contributed by atoms with Gasteiger partial charge in [-0.05, 0) is 64.5 Å². The van der Waals surface area contributed by atoms with Crippen molar-refractivity contribution in [3.8, 4) is 11.5 Å². The highest BCUT2D eigenvalue weighted by atomic mass is 127. The van der Waals surface area contributed by atoms with Crippen LogP contribution in [0.5, 0.6) is 11.5 Å². The van der Waals surface area contributed by atoms with E-state index in [1.807, 2.05) is 13.0 Å². The zero-order valence-corrected chi connectivity index (χ0v) is 18.2. The lowest BCUT2D eigenvalue weighted by Crippen LogP contribution is -2.34. The third kappa shape index (κ3) is 5.38. The summed E-state index contributed by atoms with van der Waals surface area (Å²) < 4.78 is 16.4. The van der Waals surface area contributed by atoms with Crippen LogP contribution in [-0.2, 0) is 14.3 Å². The van der Waals surface area contributed by atoms with E-state index in [2.05, 4.69) is 22.6 Å². The van der Waals surface area contributed by atoms with E-state index in [0.29, 0.717) is 17.1 Å². The number of rotatable bonds is 8. The summed E-state index contributed by atoms with van der Waals surface area (Å²) in [5.41, 5.74) is 0.688. The van der Waals surface area contributed by atoms with Gasteiger partial charge in [-0.25, -0.2) is 0 Å². The number of hydrogen-bond donors (Lipinski definition) is 0. The highest BCUT2D eigenvalue weighted by Gasteiger charge is 2.36. The molecule has 1 aliphatic rings. The average Bonchev–Trinajstić information content (AvgIpc) is 2.88. The average molecular weight is 505 g/mol. The maximum atomic E-state index is 12.5. The first-order chi connectivity index (χ1) is 12.9. The Labute approximate surface area is 175 Å². The summed E-state index contributed by atoms with van der Waals surface area (Å²) >= 11 is 2.89. The van der Waals surface area contributed by atoms with E-state index in [9.17, 15) is 14.4 Å². The smallest absolute Gasteiger partial charge is 0.326 e. The van der Waals surface area contributed by atoms with Crippen molar-refractivity contribution in [1.82, 2.24) is 4.90 Å². The molecule has 146 valence electrons. The van der Waals surface area contributed by atoms with Gasteiger partial charge >= 0.3 is 5.97 Å². The molecule has 0 atom stereocenters. The van der Waals surface area contributed by atoms with E-state index in [4.69, 9.17) is 14.2 Å². The Morgan fingerprint density at radius 3 is 2.63 bits per heavy atom. The van der Waals surface area contributed by atoms with Gasteiger partial charge in [0.1, 0.15) is 6.54 Å². The van der Waals surface area contributed by atoms with Crippen molar-refractivity contribution in [3.63, 3.8) is 0 Å². The third-order valence-electron chi connectivity index (χ3n) is 3.68. The lowest BCUT2D eigenvalue weighted by atomic mass is 10.2. The zero-order valence-electron chi connectivity index (χ0n) is 15.2. The Morgan fingerprint density at radius 1 is 1.26 bits per heavy atom. The SMILES string of the molecule is CCCCOC(=O)CN1C(=O)S/C(=C/c2cc(I)c(OC)c(OC)c2)C1=O. The minimum absolute atomic E-state index is 0.240. The number of nitrogens with zero attached hydrogens (tertiary/aromatic N) is 1. The number of carbonyl (C=O) groups is 3. The Bertz CT molecular complexity index is 779. The van der Waals surface area contributed by atoms with Gasteiger partial charge in [0.05, 0.1) is 29.3 Å². The molecule has 0 N–H and O–H groups in total. The predicted octanol–water partition coefficient (Wildman–Crippen LogP) is 3.69. The first-order valence-electron chi connectivity index (χ1n) is 8.23. The van der Waals surface area contributed by atoms with Crippen LogP contribution in [0.3, 0.4) is 0 Å². The van der Waals surface area contributed by atoms with Crippen LogP contribution in [0.15, 0.2) is 17.0 Å². The molecule has 0 aromatic heterocycles. The summed E-state index contributed by atoms with van der Waals surface area (Å²) in [6.07, 6.45) is 3.23. The van der Waals surface area contributed by atoms with E-state index < -0.39 is 17.1 Å². The Hall–Kier alpha value is -1.75. The van der Waals surface area contributed by atoms with Gasteiger partial charge in [-0.2, -0.15) is 0 Å². The molecule has 0 spiro atoms. The van der Waals surface area contributed by atoms with Crippen LogP contribution >= 0.6 is 34.4 Å². The molecule has 1 saturated heterocycles. The van der Waals surface area contributed by atoms with Crippen LogP contribution < -0.4 is 9.47 Å². The van der Waals surface area contributed by atoms with E-state index in [1.165, 1.54) is 7.11 Å². The molecule has 1 aliphatic heterocycles. The second-order valence-electron chi connectivity index (χ2n) is 5.58. The highest BCUT2D eigenvalue weighted by Crippen LogP contribution is 2.37. The van der Waals surface area contributed by atoms with Crippen molar-refractivity contribution < 1.29 is 28.6 Å². The number of amides is 2. The van der Waals surface area contributed by atoms with Crippen molar-refractivity contribution in [3.05, 3.63) is 26.2 Å². The lowest BCUT2D eigenvalue weighted by molar-refractivity contribution is -0.146. The third-order valence-corrected chi connectivity index (χ3v) is 5.38. The molecule has 2 rings (SSSR count). The van der Waals surface area contributed by atoms with Gasteiger partial charge in [0.15, 0.2) is 11.5 Å². The van der Waals surface area contributed by atoms with Crippen molar-refractivity contribution in [2.24, 2.45) is 0 Å². The Kier molecular flexibility index (Phi) is 7.96. The number of methoxy groups -OCH3 is 2. The van der Waals surface area contributed by atoms with Crippen molar-refractivity contribution >= 4 is 57.5 Å². The number of esters is 1. The molecule has 0 radical (unpaired) electrons. The Morgan fingerprint density at radius 2 is 2.00 bits per heavy atom. The molecule has 7 nitrogen and oxygen atoms in total. The van der Waals surface area contributed by atoms with Crippen LogP contribution in [0.2, 0.25) is 0 Å². The minimum Gasteiger partial charge on any atom is -0.493 e. The van der Waals surface area contributed by atoms with Crippen LogP contribution in [-0.4, -0.2) is 49.4 Å². The second-order valence-corrected chi connectivity index (χ2v) is 7.74. The molecule has 1 aromatic rings. The lowest BCUT2D eigenvalue weighted by Gasteiger charge is -2.12. The summed E-state index contributed by atoms with van der Waals surface area (Å²) in [4.78, 5) is 37.6. The number of thioether (sulfide) groups is 1. The second kappa shape index (κ2) is 9.98. The monoisotopic (exact) mass is 505 g/mol. The molecule has 0 aliphatic carbocycles. The van der Waals surface area contributed by atoms with Crippen LogP contribution in [0.25, 0.3) is 6.08 Å². The number of carbonyl (C=O) groups excluding carboxylic acids is 3. The standard InChI is InChI=1S/C18H20INO6S/c1-4-5-6-26-15(21)10-20-17(22)14(27-18(20)23)9-11-7-12(19)16(25-3)13(8-11)24-2/h7-9H,4-6,10H2,1-3H3/b14-9+. The maximum Gasteiger partial charge on any atom is 0.326 e. The largest absolute Gasteiger partial charge is 0.493 e. The fraction of sp³-hybridized carbons (Fsp3) is 0.389. The Balaban J connectivity index is 2.16. The quantitative estimate of drug-likeness (QED) is 0.231. The van der Waals surface area contributed by atoms with Crippen LogP contribution in [0, 0.1) is 3.57 Å². The molecule has 9 heteroatoms. The van der Waals surface area contributed by atoms with E-state index in [1.54, 1.807) is 19.3 Å². The van der Waals surface area contributed by atoms with Gasteiger partial charge in [0.2, 0.25) is 0 Å². The molecule has 0 saturated carbocycles. The van der Waals surface area contributed by atoms with Crippen molar-refractivity contribution in [2.45, 2.75) is 19.8 Å². The molecule has 0 bridgehead atoms. The van der Waals surface area contributed by atoms with E-state index >= 15 is 0 Å². The number of unbranched alkanes of at least 4 members (excludes halogenated alkanes) is 1. The number of ether oxygens (including phenoxy) is 3. The number of hydrogen-bond acceptors (Lipinski definition) is 7. The summed E-state index contributed by atoms with van der Waals surface area (Å²) in [6.45, 7) is 1.88. The summed E-state index contributed by atoms with van der Waals surface area (Å²) in [5, 5.41) is -0.492. The van der Waals surface area contributed by atoms with Crippen LogP contribution in [0.1, 0.15) is 25.3 Å². The number of halogens is 1. The van der Waals surface area contributed by atoms with Gasteiger partial charge in [0, 0.05) is 0 Å². The molecule has 1 aromatic carbocycles. The minimum atomic E-state index is -0.590. The maximum absolute atomic E-state index is 12.5. The normalized spacial score (nSPS) is 15.4. The van der Waals surface area contributed by atoms with Gasteiger partial charge in [0.25, 0.3) is 11.1 Å². The van der Waals surface area contributed by atoms with Crippen molar-refractivity contribution in [2.75, 3.05) is 27.4 Å². The fourth-order valence-electron chi connectivity index (χ4n) is 2.31.